The molecule has 1 aromatic heterocycles. The lowest BCUT2D eigenvalue weighted by Crippen LogP contribution is -2.16. The highest BCUT2D eigenvalue weighted by Crippen LogP contribution is 2.30. The average molecular weight is 322 g/mol. The first-order valence-electron chi connectivity index (χ1n) is 7.33. The van der Waals surface area contributed by atoms with Crippen LogP contribution in [0.15, 0.2) is 29.2 Å². The van der Waals surface area contributed by atoms with Crippen LogP contribution in [0.5, 0.6) is 5.75 Å². The van der Waals surface area contributed by atoms with Crippen LogP contribution in [0.25, 0.3) is 0 Å². The van der Waals surface area contributed by atoms with Gasteiger partial charge in [-0.3, -0.25) is 0 Å². The molecule has 1 heterocycles. The molecular weight excluding hydrogens is 300 g/mol. The summed E-state index contributed by atoms with van der Waals surface area (Å²) in [6, 6.07) is 6.72. The zero-order valence-corrected chi connectivity index (χ0v) is 14.4. The van der Waals surface area contributed by atoms with Crippen molar-refractivity contribution in [1.82, 2.24) is 9.19 Å². The molecule has 0 bridgehead atoms. The van der Waals surface area contributed by atoms with Gasteiger partial charge in [-0.15, -0.1) is 0 Å². The Labute approximate surface area is 132 Å². The lowest BCUT2D eigenvalue weighted by molar-refractivity contribution is 0.335. The fourth-order valence-electron chi connectivity index (χ4n) is 2.38. The molecule has 0 aliphatic carbocycles. The number of benzene rings is 1. The summed E-state index contributed by atoms with van der Waals surface area (Å²) in [5.74, 6) is 0.891. The van der Waals surface area contributed by atoms with E-state index in [0.29, 0.717) is 18.0 Å². The topological polar surface area (TPSA) is 61.2 Å². The van der Waals surface area contributed by atoms with E-state index in [9.17, 15) is 8.42 Å². The Bertz CT molecular complexity index is 777. The summed E-state index contributed by atoms with van der Waals surface area (Å²) in [7, 11) is -3.69. The average Bonchev–Trinajstić information content (AvgIpc) is 2.78. The molecule has 6 heteroatoms. The number of aryl methyl sites for hydroxylation is 2. The Hall–Kier alpha value is -1.82. The molecule has 0 atom stereocenters. The molecule has 1 aromatic carbocycles. The smallest absolute Gasteiger partial charge is 0.283 e. The summed E-state index contributed by atoms with van der Waals surface area (Å²) >= 11 is 0. The Morgan fingerprint density at radius 1 is 1.23 bits per heavy atom. The van der Waals surface area contributed by atoms with Crippen LogP contribution in [0.1, 0.15) is 43.6 Å². The number of aromatic nitrogens is 2. The molecule has 0 fully saturated rings. The van der Waals surface area contributed by atoms with Crippen LogP contribution < -0.4 is 4.74 Å². The lowest BCUT2D eigenvalue weighted by atomic mass is 10.0. The maximum Gasteiger partial charge on any atom is 0.283 e. The standard InChI is InChI=1S/C16H22N2O3S/c1-6-21-16-8-7-14(10-15(16)11(2)3)22(19,20)18-13(5)9-12(4)17-18/h7-11H,6H2,1-5H3. The van der Waals surface area contributed by atoms with Crippen molar-refractivity contribution in [1.29, 1.82) is 0 Å². The summed E-state index contributed by atoms with van der Waals surface area (Å²) in [4.78, 5) is 0.228. The lowest BCUT2D eigenvalue weighted by Gasteiger charge is -2.15. The second-order valence-corrected chi connectivity index (χ2v) is 7.33. The fraction of sp³-hybridized carbons (Fsp3) is 0.438. The first-order valence-corrected chi connectivity index (χ1v) is 8.77. The van der Waals surface area contributed by atoms with E-state index in [0.717, 1.165) is 15.4 Å². The van der Waals surface area contributed by atoms with Gasteiger partial charge in [-0.25, -0.2) is 0 Å². The van der Waals surface area contributed by atoms with Gasteiger partial charge in [0.05, 0.1) is 22.9 Å². The van der Waals surface area contributed by atoms with E-state index in [4.69, 9.17) is 4.74 Å². The molecule has 0 amide bonds. The van der Waals surface area contributed by atoms with Crippen molar-refractivity contribution in [3.8, 4) is 5.75 Å². The van der Waals surface area contributed by atoms with Gasteiger partial charge in [-0.2, -0.15) is 17.6 Å². The summed E-state index contributed by atoms with van der Waals surface area (Å²) in [5, 5.41) is 4.09. The van der Waals surface area contributed by atoms with E-state index < -0.39 is 10.0 Å². The molecule has 0 saturated heterocycles. The predicted octanol–water partition coefficient (Wildman–Crippen LogP) is 3.26. The first-order chi connectivity index (χ1) is 10.3. The van der Waals surface area contributed by atoms with Gasteiger partial charge in [0.1, 0.15) is 5.75 Å². The molecule has 120 valence electrons. The minimum Gasteiger partial charge on any atom is -0.494 e. The van der Waals surface area contributed by atoms with E-state index in [-0.39, 0.29) is 10.8 Å². The van der Waals surface area contributed by atoms with Crippen LogP contribution in [-0.2, 0) is 10.0 Å². The Morgan fingerprint density at radius 3 is 2.41 bits per heavy atom. The van der Waals surface area contributed by atoms with Crippen molar-refractivity contribution < 1.29 is 13.2 Å². The minimum atomic E-state index is -3.69. The number of hydrogen-bond acceptors (Lipinski definition) is 4. The number of hydrogen-bond donors (Lipinski definition) is 0. The summed E-state index contributed by atoms with van der Waals surface area (Å²) in [6.45, 7) is 9.98. The Kier molecular flexibility index (Phi) is 4.60. The molecule has 0 aliphatic rings. The van der Waals surface area contributed by atoms with Crippen LogP contribution >= 0.6 is 0 Å². The molecule has 0 N–H and O–H groups in total. The summed E-state index contributed by atoms with van der Waals surface area (Å²) < 4.78 is 32.2. The SMILES string of the molecule is CCOc1ccc(S(=O)(=O)n2nc(C)cc2C)cc1C(C)C. The van der Waals surface area contributed by atoms with Crippen LogP contribution in [0.2, 0.25) is 0 Å². The van der Waals surface area contributed by atoms with Crippen molar-refractivity contribution in [3.05, 3.63) is 41.2 Å². The van der Waals surface area contributed by atoms with E-state index in [2.05, 4.69) is 5.10 Å². The van der Waals surface area contributed by atoms with Crippen molar-refractivity contribution in [2.24, 2.45) is 0 Å². The highest BCUT2D eigenvalue weighted by Gasteiger charge is 2.22. The number of ether oxygens (including phenoxy) is 1. The zero-order chi connectivity index (χ0) is 16.5. The summed E-state index contributed by atoms with van der Waals surface area (Å²) in [5.41, 5.74) is 2.15. The van der Waals surface area contributed by atoms with Gasteiger partial charge in [0.2, 0.25) is 0 Å². The second-order valence-electron chi connectivity index (χ2n) is 5.56. The zero-order valence-electron chi connectivity index (χ0n) is 13.6. The van der Waals surface area contributed by atoms with Crippen LogP contribution in [0, 0.1) is 13.8 Å². The van der Waals surface area contributed by atoms with Crippen LogP contribution in [0.3, 0.4) is 0 Å². The van der Waals surface area contributed by atoms with Gasteiger partial charge in [-0.05, 0) is 56.5 Å². The minimum absolute atomic E-state index is 0.164. The van der Waals surface area contributed by atoms with Crippen molar-refractivity contribution in [2.45, 2.75) is 45.4 Å². The maximum absolute atomic E-state index is 12.8. The first kappa shape index (κ1) is 16.5. The third-order valence-corrected chi connectivity index (χ3v) is 5.07. The second kappa shape index (κ2) is 6.12. The highest BCUT2D eigenvalue weighted by molar-refractivity contribution is 7.89. The van der Waals surface area contributed by atoms with Gasteiger partial charge < -0.3 is 4.74 Å². The number of nitrogens with zero attached hydrogens (tertiary/aromatic N) is 2. The maximum atomic E-state index is 12.8. The van der Waals surface area contributed by atoms with Crippen molar-refractivity contribution in [3.63, 3.8) is 0 Å². The van der Waals surface area contributed by atoms with Gasteiger partial charge in [0, 0.05) is 0 Å². The monoisotopic (exact) mass is 322 g/mol. The largest absolute Gasteiger partial charge is 0.494 e. The Balaban J connectivity index is 2.57. The molecule has 0 spiro atoms. The van der Waals surface area contributed by atoms with Gasteiger partial charge in [0.25, 0.3) is 10.0 Å². The molecule has 2 rings (SSSR count). The third kappa shape index (κ3) is 3.02. The molecule has 0 saturated carbocycles. The van der Waals surface area contributed by atoms with E-state index in [1.807, 2.05) is 20.8 Å². The molecule has 22 heavy (non-hydrogen) atoms. The molecule has 0 radical (unpaired) electrons. The summed E-state index contributed by atoms with van der Waals surface area (Å²) in [6.07, 6.45) is 0. The highest BCUT2D eigenvalue weighted by atomic mass is 32.2. The van der Waals surface area contributed by atoms with Crippen molar-refractivity contribution >= 4 is 10.0 Å². The molecule has 0 aliphatic heterocycles. The molecule has 2 aromatic rings. The third-order valence-electron chi connectivity index (χ3n) is 3.40. The molecular formula is C16H22N2O3S. The van der Waals surface area contributed by atoms with Crippen molar-refractivity contribution in [2.75, 3.05) is 6.61 Å². The fourth-order valence-corrected chi connectivity index (χ4v) is 3.76. The van der Waals surface area contributed by atoms with Gasteiger partial charge in [-0.1, -0.05) is 13.8 Å². The normalized spacial score (nSPS) is 11.9. The molecule has 0 unspecified atom stereocenters. The van der Waals surface area contributed by atoms with E-state index >= 15 is 0 Å². The van der Waals surface area contributed by atoms with Gasteiger partial charge >= 0.3 is 0 Å². The van der Waals surface area contributed by atoms with Crippen LogP contribution in [0.4, 0.5) is 0 Å². The number of rotatable bonds is 5. The van der Waals surface area contributed by atoms with Gasteiger partial charge in [0.15, 0.2) is 0 Å². The predicted molar refractivity (Wildman–Crippen MR) is 86.0 cm³/mol. The molecule has 5 nitrogen and oxygen atoms in total. The Morgan fingerprint density at radius 2 is 1.91 bits per heavy atom. The van der Waals surface area contributed by atoms with E-state index in [1.165, 1.54) is 0 Å². The van der Waals surface area contributed by atoms with Crippen LogP contribution in [-0.4, -0.2) is 24.2 Å². The quantitative estimate of drug-likeness (QED) is 0.847. The van der Waals surface area contributed by atoms with E-state index in [1.54, 1.807) is 38.1 Å².